The van der Waals surface area contributed by atoms with E-state index in [0.29, 0.717) is 0 Å². The van der Waals surface area contributed by atoms with Crippen molar-refractivity contribution >= 4 is 24.1 Å². The van der Waals surface area contributed by atoms with Gasteiger partial charge in [0.15, 0.2) is 0 Å². The van der Waals surface area contributed by atoms with Crippen LogP contribution in [0.5, 0.6) is 0 Å². The van der Waals surface area contributed by atoms with Crippen molar-refractivity contribution in [1.29, 1.82) is 0 Å². The molecule has 2 N–H and O–H groups in total. The number of esters is 1. The van der Waals surface area contributed by atoms with Crippen LogP contribution >= 0.6 is 0 Å². The van der Waals surface area contributed by atoms with Crippen LogP contribution in [0.15, 0.2) is 169 Å². The number of carboxylic acids is 1. The first-order valence-corrected chi connectivity index (χ1v) is 19.2. The lowest BCUT2D eigenvalue weighted by atomic mass is 10.1. The van der Waals surface area contributed by atoms with E-state index in [1.54, 1.807) is 68.8 Å². The van der Waals surface area contributed by atoms with Gasteiger partial charge in [-0.3, -0.25) is 9.97 Å². The van der Waals surface area contributed by atoms with Crippen molar-refractivity contribution in [3.8, 4) is 22.3 Å². The Morgan fingerprint density at radius 1 is 0.661 bits per heavy atom. The Hall–Kier alpha value is -6.58. The molecule has 0 saturated heterocycles. The second-order valence-corrected chi connectivity index (χ2v) is 13.1. The number of halogens is 2. The predicted octanol–water partition coefficient (Wildman–Crippen LogP) is 12.1. The molecule has 0 radical (unpaired) electrons. The summed E-state index contributed by atoms with van der Waals surface area (Å²) in [6.07, 6.45) is 28.8. The van der Waals surface area contributed by atoms with Gasteiger partial charge in [0.05, 0.1) is 17.5 Å². The zero-order valence-electron chi connectivity index (χ0n) is 34.5. The van der Waals surface area contributed by atoms with Crippen LogP contribution < -0.4 is 0 Å². The van der Waals surface area contributed by atoms with Crippen LogP contribution in [0.4, 0.5) is 8.78 Å². The van der Waals surface area contributed by atoms with Gasteiger partial charge < -0.3 is 14.9 Å². The lowest BCUT2D eigenvalue weighted by molar-refractivity contribution is -0.140. The van der Waals surface area contributed by atoms with Gasteiger partial charge >= 0.3 is 11.9 Å². The zero-order valence-corrected chi connectivity index (χ0v) is 34.5. The van der Waals surface area contributed by atoms with E-state index in [4.69, 9.17) is 14.9 Å². The van der Waals surface area contributed by atoms with Crippen LogP contribution in [-0.4, -0.2) is 44.3 Å². The smallest absolute Gasteiger partial charge is 0.331 e. The van der Waals surface area contributed by atoms with E-state index in [1.807, 2.05) is 107 Å². The normalized spacial score (nSPS) is 13.2. The Bertz CT molecular complexity index is 2140. The molecule has 2 aromatic carbocycles. The molecule has 0 aliphatic carbocycles. The summed E-state index contributed by atoms with van der Waals surface area (Å²) in [5, 5.41) is 17.3. The van der Waals surface area contributed by atoms with Gasteiger partial charge in [-0.2, -0.15) is 0 Å². The minimum atomic E-state index is -0.899. The van der Waals surface area contributed by atoms with Crippen molar-refractivity contribution in [2.75, 3.05) is 0 Å². The largest absolute Gasteiger partial charge is 0.478 e. The Morgan fingerprint density at radius 3 is 1.54 bits per heavy atom. The minimum absolute atomic E-state index is 0.255. The molecule has 7 nitrogen and oxygen atoms in total. The van der Waals surface area contributed by atoms with E-state index >= 15 is 0 Å². The molecule has 0 unspecified atom stereocenters. The van der Waals surface area contributed by atoms with Crippen molar-refractivity contribution in [2.24, 2.45) is 0 Å². The Kier molecular flexibility index (Phi) is 23.0. The van der Waals surface area contributed by atoms with E-state index in [-0.39, 0.29) is 23.7 Å². The van der Waals surface area contributed by atoms with Crippen LogP contribution in [0, 0.1) is 11.6 Å². The van der Waals surface area contributed by atoms with Gasteiger partial charge in [0.1, 0.15) is 17.7 Å². The fraction of sp³-hybridized carbons (Fsp3) is 0.200. The maximum absolute atomic E-state index is 13.3. The summed E-state index contributed by atoms with van der Waals surface area (Å²) < 4.78 is 31.7. The summed E-state index contributed by atoms with van der Waals surface area (Å²) in [5.74, 6) is -1.79. The fourth-order valence-electron chi connectivity index (χ4n) is 4.88. The predicted molar refractivity (Wildman–Crippen MR) is 237 cm³/mol. The van der Waals surface area contributed by atoms with E-state index < -0.39 is 12.1 Å². The summed E-state index contributed by atoms with van der Waals surface area (Å²) in [5.41, 5.74) is 6.94. The molecule has 2 heterocycles. The summed E-state index contributed by atoms with van der Waals surface area (Å²) in [7, 11) is 0. The first-order valence-electron chi connectivity index (χ1n) is 19.2. The van der Waals surface area contributed by atoms with Crippen molar-refractivity contribution < 1.29 is 33.3 Å². The second-order valence-electron chi connectivity index (χ2n) is 13.1. The second kappa shape index (κ2) is 27.9. The first-order chi connectivity index (χ1) is 28.3. The number of aliphatic hydroxyl groups is 1. The van der Waals surface area contributed by atoms with E-state index in [1.165, 1.54) is 30.3 Å². The number of carboxylic acid groups (broad SMARTS) is 1. The standard InChI is InChI=1S/C25H26FNO2.C17H16FNO.C8H12O2/c1-4-8-19(2)13-16-25(28)29-20(3)9-5-6-12-24-15-14-22(18-27-24)21-10-7-11-23(26)17-21;1-13(20)5-2-3-8-17-10-9-15(12-19-17)14-6-4-7-16(18)11-14;1-3-4-7(2)5-6-8(9)10/h5-18,20H,4H2,1-3H3;2-13,20H,1H3;4-6H,3H2,1-2H3,(H,9,10)/b9-5-,12-6+,16-13+,19-8+;5-2-,8-3+;6-5+,7-4+/t20-;13-;/m11./s1. The summed E-state index contributed by atoms with van der Waals surface area (Å²) >= 11 is 0. The Morgan fingerprint density at radius 2 is 1.14 bits per heavy atom. The quantitative estimate of drug-likeness (QED) is 0.0700. The summed E-state index contributed by atoms with van der Waals surface area (Å²) in [4.78, 5) is 30.4. The molecule has 4 rings (SSSR count). The number of carbonyl (C=O) groups excluding carboxylic acids is 1. The van der Waals surface area contributed by atoms with E-state index in [0.717, 1.165) is 63.7 Å². The van der Waals surface area contributed by atoms with Crippen LogP contribution in [0.2, 0.25) is 0 Å². The van der Waals surface area contributed by atoms with Gasteiger partial charge in [-0.15, -0.1) is 0 Å². The summed E-state index contributed by atoms with van der Waals surface area (Å²) in [6.45, 7) is 11.4. The molecule has 2 aromatic heterocycles. The zero-order chi connectivity index (χ0) is 43.4. The van der Waals surface area contributed by atoms with Crippen LogP contribution in [-0.2, 0) is 14.3 Å². The molecular formula is C50H54F2N2O5. The van der Waals surface area contributed by atoms with Gasteiger partial charge in [0.2, 0.25) is 0 Å². The number of aromatic nitrogens is 2. The number of ether oxygens (including phenoxy) is 1. The third kappa shape index (κ3) is 22.1. The molecule has 4 aromatic rings. The third-order valence-corrected chi connectivity index (χ3v) is 7.74. The Balaban J connectivity index is 0.000000344. The SMILES string of the molecule is CC/C=C(C)/C=C/C(=O)O.CC/C=C(C)/C=C/C(=O)O[C@H](C)/C=C\C=C\c1ccc(-c2cccc(F)c2)cn1.C[C@@H](O)/C=C\C=C\c1ccc(-c2cccc(F)c2)cn1. The third-order valence-electron chi connectivity index (χ3n) is 7.74. The first kappa shape index (κ1) is 48.6. The highest BCUT2D eigenvalue weighted by Gasteiger charge is 2.03. The molecule has 59 heavy (non-hydrogen) atoms. The number of allylic oxidation sites excluding steroid dienone is 10. The van der Waals surface area contributed by atoms with Crippen LogP contribution in [0.1, 0.15) is 65.8 Å². The van der Waals surface area contributed by atoms with Crippen molar-refractivity contribution in [3.63, 3.8) is 0 Å². The van der Waals surface area contributed by atoms with Gasteiger partial charge in [0, 0.05) is 35.7 Å². The van der Waals surface area contributed by atoms with Crippen LogP contribution in [0.3, 0.4) is 0 Å². The Labute approximate surface area is 347 Å². The van der Waals surface area contributed by atoms with E-state index in [9.17, 15) is 18.4 Å². The molecule has 0 aliphatic rings. The highest BCUT2D eigenvalue weighted by Crippen LogP contribution is 2.21. The number of hydrogen-bond acceptors (Lipinski definition) is 6. The number of carbonyl (C=O) groups is 2. The molecule has 2 atom stereocenters. The highest BCUT2D eigenvalue weighted by molar-refractivity contribution is 5.82. The maximum Gasteiger partial charge on any atom is 0.331 e. The molecule has 0 amide bonds. The molecule has 0 spiro atoms. The fourth-order valence-corrected chi connectivity index (χ4v) is 4.88. The average Bonchev–Trinajstić information content (AvgIpc) is 3.21. The van der Waals surface area contributed by atoms with Crippen molar-refractivity contribution in [3.05, 3.63) is 192 Å². The lowest BCUT2D eigenvalue weighted by Crippen LogP contribution is -2.09. The van der Waals surface area contributed by atoms with Crippen LogP contribution in [0.25, 0.3) is 34.4 Å². The van der Waals surface area contributed by atoms with Crippen molar-refractivity contribution in [1.82, 2.24) is 9.97 Å². The molecule has 0 bridgehead atoms. The van der Waals surface area contributed by atoms with Crippen molar-refractivity contribution in [2.45, 2.75) is 66.6 Å². The number of hydrogen-bond donors (Lipinski definition) is 2. The highest BCUT2D eigenvalue weighted by atomic mass is 19.1. The number of rotatable bonds is 15. The molecule has 9 heteroatoms. The number of pyridine rings is 2. The molecule has 0 fully saturated rings. The number of aliphatic hydroxyl groups excluding tert-OH is 1. The van der Waals surface area contributed by atoms with Gasteiger partial charge in [0.25, 0.3) is 0 Å². The summed E-state index contributed by atoms with van der Waals surface area (Å²) in [6, 6.07) is 20.4. The topological polar surface area (TPSA) is 110 Å². The maximum atomic E-state index is 13.3. The molecule has 308 valence electrons. The minimum Gasteiger partial charge on any atom is -0.478 e. The van der Waals surface area contributed by atoms with Gasteiger partial charge in [-0.05, 0) is 106 Å². The van der Waals surface area contributed by atoms with E-state index in [2.05, 4.69) is 9.97 Å². The van der Waals surface area contributed by atoms with Gasteiger partial charge in [-0.25, -0.2) is 18.4 Å². The number of benzene rings is 2. The average molecular weight is 801 g/mol. The number of aliphatic carboxylic acids is 1. The lowest BCUT2D eigenvalue weighted by Gasteiger charge is -2.06. The molecule has 0 saturated carbocycles. The molecular weight excluding hydrogens is 747 g/mol. The molecule has 0 aliphatic heterocycles. The van der Waals surface area contributed by atoms with Gasteiger partial charge in [-0.1, -0.05) is 116 Å². The monoisotopic (exact) mass is 800 g/mol. The number of nitrogens with zero attached hydrogens (tertiary/aromatic N) is 2.